The molecule has 7 nitrogen and oxygen atoms in total. The molecule has 0 saturated carbocycles. The minimum Gasteiger partial charge on any atom is -0.325 e. The van der Waals surface area contributed by atoms with Gasteiger partial charge in [0.25, 0.3) is 0 Å². The number of rotatable bonds is 5. The Morgan fingerprint density at radius 3 is 2.71 bits per heavy atom. The lowest BCUT2D eigenvalue weighted by molar-refractivity contribution is -0.122. The van der Waals surface area contributed by atoms with Crippen LogP contribution in [0, 0.1) is 5.92 Å². The molecule has 0 unspecified atom stereocenters. The number of nitrogens with one attached hydrogen (secondary N) is 1. The number of aromatic nitrogens is 3. The number of benzene rings is 3. The highest BCUT2D eigenvalue weighted by Gasteiger charge is 2.35. The van der Waals surface area contributed by atoms with E-state index in [9.17, 15) is 9.59 Å². The van der Waals surface area contributed by atoms with Crippen molar-refractivity contribution in [2.24, 2.45) is 5.92 Å². The second-order valence-corrected chi connectivity index (χ2v) is 7.64. The van der Waals surface area contributed by atoms with Crippen molar-refractivity contribution in [3.05, 3.63) is 84.9 Å². The van der Waals surface area contributed by atoms with Crippen molar-refractivity contribution in [2.75, 3.05) is 16.8 Å². The number of amides is 2. The average molecular weight is 411 g/mol. The molecule has 1 N–H and O–H groups in total. The fraction of sp³-hybridized carbons (Fsp3) is 0.167. The van der Waals surface area contributed by atoms with E-state index in [4.69, 9.17) is 0 Å². The van der Waals surface area contributed by atoms with Crippen LogP contribution in [0.1, 0.15) is 12.0 Å². The van der Waals surface area contributed by atoms with E-state index in [1.54, 1.807) is 15.9 Å². The molecule has 154 valence electrons. The predicted octanol–water partition coefficient (Wildman–Crippen LogP) is 3.47. The molecule has 0 aliphatic carbocycles. The second-order valence-electron chi connectivity index (χ2n) is 7.64. The number of carbonyl (C=O) groups excluding carboxylic acids is 2. The van der Waals surface area contributed by atoms with Crippen molar-refractivity contribution in [3.63, 3.8) is 0 Å². The van der Waals surface area contributed by atoms with Gasteiger partial charge in [0, 0.05) is 24.0 Å². The smallest absolute Gasteiger partial charge is 0.229 e. The van der Waals surface area contributed by atoms with E-state index in [1.807, 2.05) is 66.7 Å². The largest absolute Gasteiger partial charge is 0.325 e. The van der Waals surface area contributed by atoms with Crippen LogP contribution in [0.15, 0.2) is 79.4 Å². The van der Waals surface area contributed by atoms with Gasteiger partial charge in [0.05, 0.1) is 18.2 Å². The van der Waals surface area contributed by atoms with E-state index < -0.39 is 5.92 Å². The zero-order chi connectivity index (χ0) is 21.2. The molecule has 1 aliphatic rings. The maximum atomic E-state index is 13.0. The van der Waals surface area contributed by atoms with Crippen LogP contribution in [0.2, 0.25) is 0 Å². The lowest BCUT2D eigenvalue weighted by Gasteiger charge is -2.19. The molecule has 2 amide bonds. The summed E-state index contributed by atoms with van der Waals surface area (Å²) in [7, 11) is 0. The van der Waals surface area contributed by atoms with Gasteiger partial charge in [-0.2, -0.15) is 5.10 Å². The first kappa shape index (κ1) is 19.0. The summed E-state index contributed by atoms with van der Waals surface area (Å²) in [6, 6.07) is 21.5. The topological polar surface area (TPSA) is 80.1 Å². The summed E-state index contributed by atoms with van der Waals surface area (Å²) in [5.74, 6) is -0.597. The first-order chi connectivity index (χ1) is 15.2. The van der Waals surface area contributed by atoms with Gasteiger partial charge in [-0.1, -0.05) is 54.6 Å². The molecule has 1 saturated heterocycles. The molecule has 1 atom stereocenters. The fourth-order valence-electron chi connectivity index (χ4n) is 4.06. The van der Waals surface area contributed by atoms with Crippen LogP contribution in [0.4, 0.5) is 11.4 Å². The average Bonchev–Trinajstić information content (AvgIpc) is 3.44. The Bertz CT molecular complexity index is 1250. The van der Waals surface area contributed by atoms with Crippen molar-refractivity contribution < 1.29 is 9.59 Å². The van der Waals surface area contributed by atoms with E-state index in [2.05, 4.69) is 15.4 Å². The van der Waals surface area contributed by atoms with E-state index in [0.717, 1.165) is 27.7 Å². The number of hydrogen-bond donors (Lipinski definition) is 1. The third-order valence-corrected chi connectivity index (χ3v) is 5.63. The molecule has 31 heavy (non-hydrogen) atoms. The highest BCUT2D eigenvalue weighted by molar-refractivity contribution is 6.08. The van der Waals surface area contributed by atoms with E-state index in [1.165, 1.54) is 6.33 Å². The fourth-order valence-corrected chi connectivity index (χ4v) is 4.06. The lowest BCUT2D eigenvalue weighted by Crippen LogP contribution is -2.28. The molecule has 0 radical (unpaired) electrons. The standard InChI is InChI=1S/C24H21N5O2/c30-23-12-19(14-29(23)22-11-5-8-17-6-1-3-9-20(17)22)24(31)27-21-10-4-2-7-18(21)13-28-16-25-15-26-28/h1-11,15-16,19H,12-14H2,(H,27,31)/t19-/m0/s1. The van der Waals surface area contributed by atoms with Crippen molar-refractivity contribution >= 4 is 34.0 Å². The van der Waals surface area contributed by atoms with Crippen LogP contribution in [-0.2, 0) is 16.1 Å². The summed E-state index contributed by atoms with van der Waals surface area (Å²) < 4.78 is 1.70. The summed E-state index contributed by atoms with van der Waals surface area (Å²) >= 11 is 0. The quantitative estimate of drug-likeness (QED) is 0.545. The Balaban J connectivity index is 1.34. The van der Waals surface area contributed by atoms with Crippen LogP contribution in [0.3, 0.4) is 0 Å². The monoisotopic (exact) mass is 411 g/mol. The Labute approximate surface area is 179 Å². The normalized spacial score (nSPS) is 16.1. The summed E-state index contributed by atoms with van der Waals surface area (Å²) in [4.78, 5) is 31.5. The minimum absolute atomic E-state index is 0.0348. The van der Waals surface area contributed by atoms with Crippen molar-refractivity contribution in [1.29, 1.82) is 0 Å². The van der Waals surface area contributed by atoms with Gasteiger partial charge in [0.15, 0.2) is 0 Å². The molecule has 0 bridgehead atoms. The highest BCUT2D eigenvalue weighted by atomic mass is 16.2. The van der Waals surface area contributed by atoms with E-state index >= 15 is 0 Å². The van der Waals surface area contributed by atoms with Gasteiger partial charge in [-0.25, -0.2) is 9.67 Å². The summed E-state index contributed by atoms with van der Waals surface area (Å²) in [5.41, 5.74) is 2.50. The first-order valence-corrected chi connectivity index (χ1v) is 10.2. The van der Waals surface area contributed by atoms with Gasteiger partial charge in [-0.15, -0.1) is 0 Å². The van der Waals surface area contributed by atoms with Gasteiger partial charge < -0.3 is 10.2 Å². The van der Waals surface area contributed by atoms with Gasteiger partial charge >= 0.3 is 0 Å². The summed E-state index contributed by atoms with van der Waals surface area (Å²) in [5, 5.41) is 9.23. The molecule has 1 fully saturated rings. The van der Waals surface area contributed by atoms with Gasteiger partial charge in [0.2, 0.25) is 11.8 Å². The van der Waals surface area contributed by atoms with Gasteiger partial charge in [0.1, 0.15) is 12.7 Å². The SMILES string of the molecule is O=C(Nc1ccccc1Cn1cncn1)[C@H]1CC(=O)N(c2cccc3ccccc23)C1. The molecule has 3 aromatic carbocycles. The highest BCUT2D eigenvalue weighted by Crippen LogP contribution is 2.32. The Kier molecular flexibility index (Phi) is 4.92. The summed E-state index contributed by atoms with van der Waals surface area (Å²) in [6.07, 6.45) is 3.31. The molecule has 0 spiro atoms. The Morgan fingerprint density at radius 1 is 1.03 bits per heavy atom. The number of anilines is 2. The zero-order valence-electron chi connectivity index (χ0n) is 16.8. The molecular weight excluding hydrogens is 390 g/mol. The van der Waals surface area contributed by atoms with Crippen LogP contribution < -0.4 is 10.2 Å². The number of hydrogen-bond acceptors (Lipinski definition) is 4. The van der Waals surface area contributed by atoms with Crippen molar-refractivity contribution in [3.8, 4) is 0 Å². The van der Waals surface area contributed by atoms with Gasteiger partial charge in [-0.05, 0) is 23.1 Å². The molecule has 2 heterocycles. The van der Waals surface area contributed by atoms with Crippen LogP contribution in [-0.4, -0.2) is 33.1 Å². The first-order valence-electron chi connectivity index (χ1n) is 10.2. The maximum Gasteiger partial charge on any atom is 0.229 e. The number of nitrogens with zero attached hydrogens (tertiary/aromatic N) is 4. The molecule has 5 rings (SSSR count). The molecule has 1 aromatic heterocycles. The molecule has 4 aromatic rings. The zero-order valence-corrected chi connectivity index (χ0v) is 16.8. The third-order valence-electron chi connectivity index (χ3n) is 5.63. The predicted molar refractivity (Wildman–Crippen MR) is 119 cm³/mol. The number of fused-ring (bicyclic) bond motifs is 1. The molecule has 7 heteroatoms. The number of para-hydroxylation sites is 1. The van der Waals surface area contributed by atoms with Gasteiger partial charge in [-0.3, -0.25) is 9.59 Å². The van der Waals surface area contributed by atoms with Crippen molar-refractivity contribution in [2.45, 2.75) is 13.0 Å². The maximum absolute atomic E-state index is 13.0. The second kappa shape index (κ2) is 8.02. The molecular formula is C24H21N5O2. The van der Waals surface area contributed by atoms with Crippen LogP contribution in [0.5, 0.6) is 0 Å². The third kappa shape index (κ3) is 3.77. The minimum atomic E-state index is -0.411. The number of carbonyl (C=O) groups is 2. The van der Waals surface area contributed by atoms with E-state index in [0.29, 0.717) is 13.1 Å². The van der Waals surface area contributed by atoms with Crippen molar-refractivity contribution in [1.82, 2.24) is 14.8 Å². The van der Waals surface area contributed by atoms with Crippen LogP contribution >= 0.6 is 0 Å². The summed E-state index contributed by atoms with van der Waals surface area (Å²) in [6.45, 7) is 0.867. The molecule has 1 aliphatic heterocycles. The lowest BCUT2D eigenvalue weighted by atomic mass is 10.1. The van der Waals surface area contributed by atoms with Crippen LogP contribution in [0.25, 0.3) is 10.8 Å². The Morgan fingerprint density at radius 2 is 1.84 bits per heavy atom. The Hall–Kier alpha value is -4.00. The van der Waals surface area contributed by atoms with E-state index in [-0.39, 0.29) is 18.2 Å².